The third-order valence-corrected chi connectivity index (χ3v) is 3.01. The van der Waals surface area contributed by atoms with Crippen molar-refractivity contribution in [1.82, 2.24) is 5.32 Å². The molecule has 0 unspecified atom stereocenters. The summed E-state index contributed by atoms with van der Waals surface area (Å²) in [5.74, 6) is -1.36. The lowest BCUT2D eigenvalue weighted by Gasteiger charge is -2.12. The first-order chi connectivity index (χ1) is 9.95. The van der Waals surface area contributed by atoms with Crippen LogP contribution >= 0.6 is 0 Å². The van der Waals surface area contributed by atoms with Gasteiger partial charge in [-0.3, -0.25) is 0 Å². The Kier molecular flexibility index (Phi) is 4.91. The summed E-state index contributed by atoms with van der Waals surface area (Å²) >= 11 is 0. The van der Waals surface area contributed by atoms with Crippen LogP contribution in [0.1, 0.15) is 25.0 Å². The van der Waals surface area contributed by atoms with Gasteiger partial charge in [-0.25, -0.2) is 8.78 Å². The Morgan fingerprint density at radius 3 is 2.14 bits per heavy atom. The fourth-order valence-corrected chi connectivity index (χ4v) is 1.86. The zero-order chi connectivity index (χ0) is 15.4. The van der Waals surface area contributed by atoms with E-state index in [1.165, 1.54) is 12.1 Å². The zero-order valence-electron chi connectivity index (χ0n) is 12.4. The van der Waals surface area contributed by atoms with Crippen molar-refractivity contribution < 1.29 is 13.5 Å². The minimum Gasteiger partial charge on any atom is -0.451 e. The van der Waals surface area contributed by atoms with Crippen molar-refractivity contribution in [3.05, 3.63) is 59.2 Å². The number of benzene rings is 2. The van der Waals surface area contributed by atoms with Gasteiger partial charge < -0.3 is 10.1 Å². The highest BCUT2D eigenvalue weighted by atomic mass is 19.1. The number of aryl methyl sites for hydroxylation is 1. The van der Waals surface area contributed by atoms with Crippen molar-refractivity contribution in [2.24, 2.45) is 0 Å². The van der Waals surface area contributed by atoms with E-state index in [9.17, 15) is 8.78 Å². The molecule has 0 saturated carbocycles. The van der Waals surface area contributed by atoms with Crippen molar-refractivity contribution in [1.29, 1.82) is 0 Å². The van der Waals surface area contributed by atoms with E-state index in [-0.39, 0.29) is 11.8 Å². The highest BCUT2D eigenvalue weighted by Crippen LogP contribution is 2.28. The van der Waals surface area contributed by atoms with Crippen molar-refractivity contribution in [3.63, 3.8) is 0 Å². The fraction of sp³-hybridized carbons (Fsp3) is 0.294. The third-order valence-electron chi connectivity index (χ3n) is 3.01. The Hall–Kier alpha value is -1.94. The number of halogens is 2. The van der Waals surface area contributed by atoms with Gasteiger partial charge in [0.05, 0.1) is 0 Å². The van der Waals surface area contributed by atoms with Crippen molar-refractivity contribution in [2.75, 3.05) is 0 Å². The molecular weight excluding hydrogens is 272 g/mol. The lowest BCUT2D eigenvalue weighted by molar-refractivity contribution is 0.406. The predicted octanol–water partition coefficient (Wildman–Crippen LogP) is 4.56. The van der Waals surface area contributed by atoms with Crippen molar-refractivity contribution in [3.8, 4) is 11.5 Å². The maximum Gasteiger partial charge on any atom is 0.198 e. The number of hydrogen-bond acceptors (Lipinski definition) is 2. The van der Waals surface area contributed by atoms with E-state index < -0.39 is 11.6 Å². The quantitative estimate of drug-likeness (QED) is 0.871. The summed E-state index contributed by atoms with van der Waals surface area (Å²) in [5.41, 5.74) is 1.60. The summed E-state index contributed by atoms with van der Waals surface area (Å²) in [5, 5.41) is 3.12. The van der Waals surface area contributed by atoms with Crippen LogP contribution < -0.4 is 10.1 Å². The summed E-state index contributed by atoms with van der Waals surface area (Å²) < 4.78 is 33.3. The van der Waals surface area contributed by atoms with Gasteiger partial charge in [0.2, 0.25) is 0 Å². The molecular formula is C17H19F2NO. The van der Waals surface area contributed by atoms with Crippen molar-refractivity contribution in [2.45, 2.75) is 33.4 Å². The van der Waals surface area contributed by atoms with Crippen LogP contribution in [0.25, 0.3) is 0 Å². The first kappa shape index (κ1) is 15.4. The molecule has 4 heteroatoms. The molecule has 0 aliphatic rings. The standard InChI is InChI=1S/C17H19F2NO/c1-11(2)20-10-13-8-15(18)17(16(19)9-13)21-14-6-4-12(3)5-7-14/h4-9,11,20H,10H2,1-3H3. The summed E-state index contributed by atoms with van der Waals surface area (Å²) in [4.78, 5) is 0. The Morgan fingerprint density at radius 1 is 1.05 bits per heavy atom. The van der Waals surface area contributed by atoms with Gasteiger partial charge in [0.15, 0.2) is 17.4 Å². The molecule has 0 atom stereocenters. The molecule has 0 aromatic heterocycles. The second-order valence-electron chi connectivity index (χ2n) is 5.34. The number of nitrogens with one attached hydrogen (secondary N) is 1. The van der Waals surface area contributed by atoms with E-state index in [0.717, 1.165) is 5.56 Å². The van der Waals surface area contributed by atoms with Gasteiger partial charge in [0, 0.05) is 12.6 Å². The van der Waals surface area contributed by atoms with Gasteiger partial charge in [-0.05, 0) is 36.8 Å². The van der Waals surface area contributed by atoms with E-state index in [1.54, 1.807) is 12.1 Å². The molecule has 0 bridgehead atoms. The lowest BCUT2D eigenvalue weighted by Crippen LogP contribution is -2.22. The summed E-state index contributed by atoms with van der Waals surface area (Å²) in [7, 11) is 0. The third kappa shape index (κ3) is 4.26. The van der Waals surface area contributed by atoms with Gasteiger partial charge in [0.1, 0.15) is 5.75 Å². The first-order valence-corrected chi connectivity index (χ1v) is 6.91. The second-order valence-corrected chi connectivity index (χ2v) is 5.34. The molecule has 0 spiro atoms. The van der Waals surface area contributed by atoms with Crippen LogP contribution in [0, 0.1) is 18.6 Å². The number of rotatable bonds is 5. The first-order valence-electron chi connectivity index (χ1n) is 6.91. The molecule has 112 valence electrons. The monoisotopic (exact) mass is 291 g/mol. The Balaban J connectivity index is 2.18. The van der Waals surface area contributed by atoms with Crippen LogP contribution in [0.2, 0.25) is 0 Å². The van der Waals surface area contributed by atoms with E-state index in [0.29, 0.717) is 17.9 Å². The second kappa shape index (κ2) is 6.68. The molecule has 21 heavy (non-hydrogen) atoms. The topological polar surface area (TPSA) is 21.3 Å². The maximum absolute atomic E-state index is 14.0. The SMILES string of the molecule is Cc1ccc(Oc2c(F)cc(CNC(C)C)cc2F)cc1. The molecule has 0 aliphatic heterocycles. The van der Waals surface area contributed by atoms with E-state index in [2.05, 4.69) is 5.32 Å². The van der Waals surface area contributed by atoms with Crippen LogP contribution in [0.3, 0.4) is 0 Å². The Bertz CT molecular complexity index is 586. The van der Waals surface area contributed by atoms with E-state index >= 15 is 0 Å². The molecule has 0 heterocycles. The van der Waals surface area contributed by atoms with E-state index in [4.69, 9.17) is 4.74 Å². The van der Waals surface area contributed by atoms with Gasteiger partial charge in [-0.15, -0.1) is 0 Å². The van der Waals surface area contributed by atoms with Gasteiger partial charge in [-0.2, -0.15) is 0 Å². The van der Waals surface area contributed by atoms with Gasteiger partial charge >= 0.3 is 0 Å². The Labute approximate surface area is 123 Å². The summed E-state index contributed by atoms with van der Waals surface area (Å²) in [6.45, 7) is 6.29. The molecule has 2 aromatic rings. The average Bonchev–Trinajstić information content (AvgIpc) is 2.42. The fourth-order valence-electron chi connectivity index (χ4n) is 1.86. The molecule has 0 saturated heterocycles. The molecule has 0 radical (unpaired) electrons. The van der Waals surface area contributed by atoms with Gasteiger partial charge in [0.25, 0.3) is 0 Å². The van der Waals surface area contributed by atoms with Crippen molar-refractivity contribution >= 4 is 0 Å². The minimum absolute atomic E-state index is 0.250. The molecule has 0 fully saturated rings. The van der Waals surface area contributed by atoms with Crippen LogP contribution in [0.5, 0.6) is 11.5 Å². The molecule has 0 amide bonds. The zero-order valence-corrected chi connectivity index (χ0v) is 12.4. The van der Waals surface area contributed by atoms with Crippen LogP contribution in [-0.2, 0) is 6.54 Å². The normalized spacial score (nSPS) is 11.0. The molecule has 2 rings (SSSR count). The number of ether oxygens (including phenoxy) is 1. The van der Waals surface area contributed by atoms with Gasteiger partial charge in [-0.1, -0.05) is 31.5 Å². The number of hydrogen-bond donors (Lipinski definition) is 1. The van der Waals surface area contributed by atoms with Crippen LogP contribution in [0.4, 0.5) is 8.78 Å². The average molecular weight is 291 g/mol. The molecule has 2 nitrogen and oxygen atoms in total. The smallest absolute Gasteiger partial charge is 0.198 e. The van der Waals surface area contributed by atoms with Crippen LogP contribution in [-0.4, -0.2) is 6.04 Å². The summed E-state index contributed by atoms with van der Waals surface area (Å²) in [6.07, 6.45) is 0. The lowest BCUT2D eigenvalue weighted by atomic mass is 10.2. The highest BCUT2D eigenvalue weighted by Gasteiger charge is 2.14. The highest BCUT2D eigenvalue weighted by molar-refractivity contribution is 5.36. The van der Waals surface area contributed by atoms with E-state index in [1.807, 2.05) is 32.9 Å². The largest absolute Gasteiger partial charge is 0.451 e. The molecule has 2 aromatic carbocycles. The maximum atomic E-state index is 14.0. The molecule has 0 aliphatic carbocycles. The van der Waals surface area contributed by atoms with Crippen LogP contribution in [0.15, 0.2) is 36.4 Å². The molecule has 1 N–H and O–H groups in total. The predicted molar refractivity (Wildman–Crippen MR) is 79.6 cm³/mol. The summed E-state index contributed by atoms with van der Waals surface area (Å²) in [6, 6.07) is 9.85. The minimum atomic E-state index is -0.698. The Morgan fingerprint density at radius 2 is 1.62 bits per heavy atom.